The largest absolute Gasteiger partial charge is 0.506 e. The number of hydrogen-bond donors (Lipinski definition) is 6. The number of phenolic OH excluding ortho intramolecular Hbond substituents is 1. The number of H-pyrrole nitrogens is 1. The van der Waals surface area contributed by atoms with Gasteiger partial charge in [0.05, 0.1) is 17.7 Å². The Hall–Kier alpha value is -5.12. The van der Waals surface area contributed by atoms with Crippen molar-refractivity contribution in [3.63, 3.8) is 0 Å². The van der Waals surface area contributed by atoms with Crippen molar-refractivity contribution in [2.75, 3.05) is 6.54 Å². The van der Waals surface area contributed by atoms with E-state index in [1.807, 2.05) is 78.9 Å². The fourth-order valence-corrected chi connectivity index (χ4v) is 4.92. The van der Waals surface area contributed by atoms with Crippen LogP contribution in [-0.2, 0) is 13.2 Å². The first-order valence-electron chi connectivity index (χ1n) is 13.5. The minimum atomic E-state index is -1.11. The molecule has 0 spiro atoms. The van der Waals surface area contributed by atoms with Crippen molar-refractivity contribution in [2.24, 2.45) is 0 Å². The first-order valence-corrected chi connectivity index (χ1v) is 13.5. The Morgan fingerprint density at radius 1 is 0.857 bits per heavy atom. The van der Waals surface area contributed by atoms with E-state index < -0.39 is 18.2 Å². The van der Waals surface area contributed by atoms with Gasteiger partial charge in [0.2, 0.25) is 5.56 Å². The van der Waals surface area contributed by atoms with Crippen LogP contribution in [0, 0.1) is 0 Å². The third kappa shape index (κ3) is 6.95. The molecule has 1 unspecified atom stereocenters. The highest BCUT2D eigenvalue weighted by Crippen LogP contribution is 2.29. The minimum Gasteiger partial charge on any atom is -0.506 e. The zero-order valence-corrected chi connectivity index (χ0v) is 22.7. The molecule has 0 bridgehead atoms. The van der Waals surface area contributed by atoms with E-state index in [-0.39, 0.29) is 17.9 Å². The van der Waals surface area contributed by atoms with Gasteiger partial charge in [-0.1, -0.05) is 72.8 Å². The van der Waals surface area contributed by atoms with E-state index in [1.54, 1.807) is 12.1 Å². The minimum absolute atomic E-state index is 0.0506. The number of benzene rings is 4. The standard InChI is InChI=1S/C33H31N3O6/c37-28-14-12-26(27-13-15-30(39)35-32(27)28)29(38)19-34-18-21-6-4-7-22(16-21)20-42-25-11-5-10-24(17-25)31(36-33(40)41)23-8-2-1-3-9-23/h1-17,29,31,34,36-38H,18-20H2,(H,35,39)(H,40,41)/t29-,31?/m1/s1. The number of fused-ring (bicyclic) bond motifs is 1. The summed E-state index contributed by atoms with van der Waals surface area (Å²) in [6.45, 7) is 1.09. The molecule has 0 saturated heterocycles. The summed E-state index contributed by atoms with van der Waals surface area (Å²) in [5.74, 6) is 0.569. The van der Waals surface area contributed by atoms with Gasteiger partial charge >= 0.3 is 6.09 Å². The normalized spacial score (nSPS) is 12.5. The summed E-state index contributed by atoms with van der Waals surface area (Å²) in [7, 11) is 0. The molecule has 1 heterocycles. The van der Waals surface area contributed by atoms with Gasteiger partial charge in [-0.25, -0.2) is 4.79 Å². The molecule has 1 aromatic heterocycles. The zero-order valence-electron chi connectivity index (χ0n) is 22.7. The van der Waals surface area contributed by atoms with Gasteiger partial charge < -0.3 is 35.7 Å². The third-order valence-corrected chi connectivity index (χ3v) is 6.92. The Morgan fingerprint density at radius 3 is 2.43 bits per heavy atom. The topological polar surface area (TPSA) is 144 Å². The number of pyridine rings is 1. The number of carboxylic acid groups (broad SMARTS) is 1. The molecule has 4 aromatic carbocycles. The lowest BCUT2D eigenvalue weighted by Gasteiger charge is -2.19. The van der Waals surface area contributed by atoms with Gasteiger partial charge in [-0.05, 0) is 52.1 Å². The maximum Gasteiger partial charge on any atom is 0.405 e. The number of nitrogens with one attached hydrogen (secondary N) is 3. The van der Waals surface area contributed by atoms with Crippen LogP contribution in [0.2, 0.25) is 0 Å². The van der Waals surface area contributed by atoms with E-state index in [4.69, 9.17) is 4.74 Å². The molecule has 5 aromatic rings. The van der Waals surface area contributed by atoms with Crippen LogP contribution in [0.1, 0.15) is 40.0 Å². The first-order chi connectivity index (χ1) is 20.4. The van der Waals surface area contributed by atoms with Crippen LogP contribution in [0.15, 0.2) is 108 Å². The monoisotopic (exact) mass is 565 g/mol. The summed E-state index contributed by atoms with van der Waals surface area (Å²) in [5.41, 5.74) is 4.13. The SMILES string of the molecule is O=C(O)NC(c1ccccc1)c1cccc(OCc2cccc(CNC[C@@H](O)c3ccc(O)c4[nH]c(=O)ccc34)c2)c1. The van der Waals surface area contributed by atoms with Crippen molar-refractivity contribution in [2.45, 2.75) is 25.3 Å². The summed E-state index contributed by atoms with van der Waals surface area (Å²) in [4.78, 5) is 25.7. The molecule has 0 aliphatic heterocycles. The number of aromatic hydroxyl groups is 1. The van der Waals surface area contributed by atoms with Crippen LogP contribution >= 0.6 is 0 Å². The van der Waals surface area contributed by atoms with Crippen LogP contribution in [0.4, 0.5) is 4.79 Å². The molecule has 0 saturated carbocycles. The van der Waals surface area contributed by atoms with Crippen LogP contribution in [-0.4, -0.2) is 32.9 Å². The number of aliphatic hydroxyl groups is 1. The molecule has 9 nitrogen and oxygen atoms in total. The van der Waals surface area contributed by atoms with Crippen LogP contribution in [0.5, 0.6) is 11.5 Å². The second-order valence-electron chi connectivity index (χ2n) is 9.91. The van der Waals surface area contributed by atoms with Gasteiger partial charge in [0, 0.05) is 24.5 Å². The lowest BCUT2D eigenvalue weighted by molar-refractivity contribution is 0.176. The Balaban J connectivity index is 1.20. The number of amides is 1. The van der Waals surface area contributed by atoms with E-state index in [2.05, 4.69) is 15.6 Å². The van der Waals surface area contributed by atoms with Crippen LogP contribution in [0.25, 0.3) is 10.9 Å². The number of ether oxygens (including phenoxy) is 1. The van der Waals surface area contributed by atoms with Crippen LogP contribution in [0.3, 0.4) is 0 Å². The number of phenols is 1. The highest BCUT2D eigenvalue weighted by Gasteiger charge is 2.17. The number of aliphatic hydroxyl groups excluding tert-OH is 1. The highest BCUT2D eigenvalue weighted by atomic mass is 16.5. The zero-order chi connectivity index (χ0) is 29.5. The Kier molecular flexibility index (Phi) is 8.81. The molecular weight excluding hydrogens is 534 g/mol. The van der Waals surface area contributed by atoms with Crippen molar-refractivity contribution >= 4 is 17.0 Å². The predicted octanol–water partition coefficient (Wildman–Crippen LogP) is 4.99. The van der Waals surface area contributed by atoms with E-state index in [1.165, 1.54) is 12.1 Å². The molecular formula is C33H31N3O6. The van der Waals surface area contributed by atoms with Crippen molar-refractivity contribution in [3.8, 4) is 11.5 Å². The number of rotatable bonds is 11. The molecule has 0 radical (unpaired) electrons. The maximum absolute atomic E-state index is 11.7. The quantitative estimate of drug-likeness (QED) is 0.132. The average Bonchev–Trinajstić information content (AvgIpc) is 3.00. The number of hydrogen-bond acceptors (Lipinski definition) is 6. The van der Waals surface area contributed by atoms with Gasteiger partial charge in [0.1, 0.15) is 18.1 Å². The van der Waals surface area contributed by atoms with E-state index in [9.17, 15) is 24.9 Å². The Labute approximate surface area is 242 Å². The summed E-state index contributed by atoms with van der Waals surface area (Å²) < 4.78 is 6.06. The van der Waals surface area contributed by atoms with Crippen molar-refractivity contribution in [3.05, 3.63) is 141 Å². The fourth-order valence-electron chi connectivity index (χ4n) is 4.92. The third-order valence-electron chi connectivity index (χ3n) is 6.92. The molecule has 5 rings (SSSR count). The van der Waals surface area contributed by atoms with E-state index >= 15 is 0 Å². The summed E-state index contributed by atoms with van der Waals surface area (Å²) in [5, 5.41) is 36.7. The molecule has 0 aliphatic carbocycles. The lowest BCUT2D eigenvalue weighted by atomic mass is 9.98. The van der Waals surface area contributed by atoms with Gasteiger partial charge in [-0.2, -0.15) is 0 Å². The van der Waals surface area contributed by atoms with Gasteiger partial charge in [0.25, 0.3) is 0 Å². The van der Waals surface area contributed by atoms with E-state index in [0.29, 0.717) is 35.4 Å². The van der Waals surface area contributed by atoms with Gasteiger partial charge in [0.15, 0.2) is 0 Å². The summed E-state index contributed by atoms with van der Waals surface area (Å²) >= 11 is 0. The van der Waals surface area contributed by atoms with Crippen molar-refractivity contribution in [1.82, 2.24) is 15.6 Å². The Bertz CT molecular complexity index is 1740. The predicted molar refractivity (Wildman–Crippen MR) is 160 cm³/mol. The van der Waals surface area contributed by atoms with Gasteiger partial charge in [-0.15, -0.1) is 0 Å². The summed E-state index contributed by atoms with van der Waals surface area (Å²) in [6, 6.07) is 30.2. The Morgan fingerprint density at radius 2 is 1.62 bits per heavy atom. The van der Waals surface area contributed by atoms with Crippen molar-refractivity contribution in [1.29, 1.82) is 0 Å². The smallest absolute Gasteiger partial charge is 0.405 e. The number of aromatic nitrogens is 1. The van der Waals surface area contributed by atoms with Crippen LogP contribution < -0.4 is 20.9 Å². The molecule has 2 atom stereocenters. The molecule has 42 heavy (non-hydrogen) atoms. The fraction of sp³-hybridized carbons (Fsp3) is 0.152. The average molecular weight is 566 g/mol. The lowest BCUT2D eigenvalue weighted by Crippen LogP contribution is -2.27. The van der Waals surface area contributed by atoms with E-state index in [0.717, 1.165) is 22.3 Å². The molecule has 6 N–H and O–H groups in total. The molecule has 1 amide bonds. The highest BCUT2D eigenvalue weighted by molar-refractivity contribution is 5.87. The number of aromatic amines is 1. The maximum atomic E-state index is 11.7. The molecule has 214 valence electrons. The molecule has 9 heteroatoms. The summed E-state index contributed by atoms with van der Waals surface area (Å²) in [6.07, 6.45) is -1.96. The number of carbonyl (C=O) groups is 1. The first kappa shape index (κ1) is 28.4. The molecule has 0 aliphatic rings. The molecule has 0 fully saturated rings. The van der Waals surface area contributed by atoms with Crippen molar-refractivity contribution < 1.29 is 24.9 Å². The van der Waals surface area contributed by atoms with Gasteiger partial charge in [-0.3, -0.25) is 4.79 Å². The second-order valence-corrected chi connectivity index (χ2v) is 9.91. The second kappa shape index (κ2) is 13.0.